The van der Waals surface area contributed by atoms with E-state index in [9.17, 15) is 0 Å². The summed E-state index contributed by atoms with van der Waals surface area (Å²) in [4.78, 5) is 4.79. The lowest BCUT2D eigenvalue weighted by molar-refractivity contribution is 0.630. The molecule has 0 aliphatic rings. The summed E-state index contributed by atoms with van der Waals surface area (Å²) in [5.41, 5.74) is 3.55. The predicted octanol–water partition coefficient (Wildman–Crippen LogP) is 4.13. The number of fused-ring (bicyclic) bond motifs is 1. The van der Waals surface area contributed by atoms with Crippen LogP contribution < -0.4 is 0 Å². The molecule has 0 amide bonds. The molecule has 22 heavy (non-hydrogen) atoms. The van der Waals surface area contributed by atoms with E-state index in [4.69, 9.17) is 10.2 Å². The average Bonchev–Trinajstić information content (AvgIpc) is 2.92. The molecule has 0 bridgehead atoms. The van der Waals surface area contributed by atoms with Crippen molar-refractivity contribution in [2.75, 3.05) is 0 Å². The SMILES string of the molecule is N#CCCCn1c(CCc2ccccc2)nc2ccccc21. The van der Waals surface area contributed by atoms with Crippen LogP contribution in [0.1, 0.15) is 24.2 Å². The molecule has 1 aromatic heterocycles. The first kappa shape index (κ1) is 14.3. The van der Waals surface area contributed by atoms with Crippen LogP contribution in [0.3, 0.4) is 0 Å². The highest BCUT2D eigenvalue weighted by molar-refractivity contribution is 5.75. The summed E-state index contributed by atoms with van der Waals surface area (Å²) in [5.74, 6) is 1.11. The lowest BCUT2D eigenvalue weighted by Crippen LogP contribution is -2.05. The predicted molar refractivity (Wildman–Crippen MR) is 88.4 cm³/mol. The van der Waals surface area contributed by atoms with E-state index in [0.717, 1.165) is 37.1 Å². The minimum Gasteiger partial charge on any atom is -0.328 e. The summed E-state index contributed by atoms with van der Waals surface area (Å²) in [6, 6.07) is 21.0. The number of nitriles is 1. The lowest BCUT2D eigenvalue weighted by Gasteiger charge is -2.08. The quantitative estimate of drug-likeness (QED) is 0.640. The fraction of sp³-hybridized carbons (Fsp3) is 0.263. The molecule has 110 valence electrons. The first-order valence-corrected chi connectivity index (χ1v) is 7.73. The highest BCUT2D eigenvalue weighted by Gasteiger charge is 2.10. The Hall–Kier alpha value is -2.60. The van der Waals surface area contributed by atoms with E-state index >= 15 is 0 Å². The number of hydrogen-bond donors (Lipinski definition) is 0. The van der Waals surface area contributed by atoms with Gasteiger partial charge in [0.05, 0.1) is 17.1 Å². The first-order chi connectivity index (χ1) is 10.9. The number of nitrogens with zero attached hydrogens (tertiary/aromatic N) is 3. The molecule has 0 saturated heterocycles. The first-order valence-electron chi connectivity index (χ1n) is 7.73. The van der Waals surface area contributed by atoms with Crippen LogP contribution in [-0.4, -0.2) is 9.55 Å². The lowest BCUT2D eigenvalue weighted by atomic mass is 10.1. The van der Waals surface area contributed by atoms with Crippen LogP contribution in [-0.2, 0) is 19.4 Å². The summed E-state index contributed by atoms with van der Waals surface area (Å²) in [5, 5.41) is 8.75. The number of aromatic nitrogens is 2. The van der Waals surface area contributed by atoms with Gasteiger partial charge in [-0.2, -0.15) is 5.26 Å². The van der Waals surface area contributed by atoms with Crippen LogP contribution in [0.4, 0.5) is 0 Å². The van der Waals surface area contributed by atoms with Gasteiger partial charge in [0, 0.05) is 19.4 Å². The molecular weight excluding hydrogens is 270 g/mol. The van der Waals surface area contributed by atoms with Crippen molar-refractivity contribution in [3.63, 3.8) is 0 Å². The molecule has 0 radical (unpaired) electrons. The third-order valence-corrected chi connectivity index (χ3v) is 3.88. The van der Waals surface area contributed by atoms with E-state index in [1.165, 1.54) is 11.1 Å². The molecule has 0 saturated carbocycles. The smallest absolute Gasteiger partial charge is 0.110 e. The van der Waals surface area contributed by atoms with Gasteiger partial charge >= 0.3 is 0 Å². The number of rotatable bonds is 6. The van der Waals surface area contributed by atoms with Gasteiger partial charge in [-0.25, -0.2) is 4.98 Å². The third-order valence-electron chi connectivity index (χ3n) is 3.88. The molecule has 0 N–H and O–H groups in total. The fourth-order valence-corrected chi connectivity index (χ4v) is 2.78. The second-order valence-corrected chi connectivity index (χ2v) is 5.42. The maximum Gasteiger partial charge on any atom is 0.110 e. The molecule has 3 heteroatoms. The van der Waals surface area contributed by atoms with E-state index in [1.807, 2.05) is 18.2 Å². The molecule has 0 spiro atoms. The number of benzene rings is 2. The Kier molecular flexibility index (Phi) is 4.50. The van der Waals surface area contributed by atoms with Crippen molar-refractivity contribution in [1.29, 1.82) is 5.26 Å². The van der Waals surface area contributed by atoms with Gasteiger partial charge in [0.15, 0.2) is 0 Å². The van der Waals surface area contributed by atoms with Gasteiger partial charge < -0.3 is 4.57 Å². The van der Waals surface area contributed by atoms with Gasteiger partial charge in [0.1, 0.15) is 5.82 Å². The van der Waals surface area contributed by atoms with Gasteiger partial charge in [-0.1, -0.05) is 42.5 Å². The maximum atomic E-state index is 8.75. The van der Waals surface area contributed by atoms with Crippen LogP contribution in [0.5, 0.6) is 0 Å². The van der Waals surface area contributed by atoms with E-state index < -0.39 is 0 Å². The van der Waals surface area contributed by atoms with Crippen LogP contribution in [0.2, 0.25) is 0 Å². The van der Waals surface area contributed by atoms with Gasteiger partial charge in [-0.05, 0) is 30.5 Å². The minimum absolute atomic E-state index is 0.588. The minimum atomic E-state index is 0.588. The van der Waals surface area contributed by atoms with Gasteiger partial charge in [-0.15, -0.1) is 0 Å². The molecule has 0 aliphatic heterocycles. The zero-order chi connectivity index (χ0) is 15.2. The highest BCUT2D eigenvalue weighted by atomic mass is 15.1. The Balaban J connectivity index is 1.84. The molecule has 3 aromatic rings. The van der Waals surface area contributed by atoms with Crippen molar-refractivity contribution in [3.05, 3.63) is 66.0 Å². The molecule has 2 aromatic carbocycles. The van der Waals surface area contributed by atoms with Crippen LogP contribution >= 0.6 is 0 Å². The number of para-hydroxylation sites is 2. The highest BCUT2D eigenvalue weighted by Crippen LogP contribution is 2.18. The van der Waals surface area contributed by atoms with Crippen LogP contribution in [0.15, 0.2) is 54.6 Å². The summed E-state index contributed by atoms with van der Waals surface area (Å²) in [6.45, 7) is 0.859. The second-order valence-electron chi connectivity index (χ2n) is 5.42. The van der Waals surface area contributed by atoms with Crippen molar-refractivity contribution in [1.82, 2.24) is 9.55 Å². The monoisotopic (exact) mass is 289 g/mol. The molecular formula is C19H19N3. The topological polar surface area (TPSA) is 41.6 Å². The fourth-order valence-electron chi connectivity index (χ4n) is 2.78. The zero-order valence-corrected chi connectivity index (χ0v) is 12.6. The van der Waals surface area contributed by atoms with Gasteiger partial charge in [0.25, 0.3) is 0 Å². The molecule has 3 nitrogen and oxygen atoms in total. The van der Waals surface area contributed by atoms with E-state index in [-0.39, 0.29) is 0 Å². The van der Waals surface area contributed by atoms with E-state index in [0.29, 0.717) is 6.42 Å². The Morgan fingerprint density at radius 3 is 2.55 bits per heavy atom. The number of unbranched alkanes of at least 4 members (excludes halogenated alkanes) is 1. The third kappa shape index (κ3) is 3.17. The number of imidazole rings is 1. The Labute approximate surface area is 130 Å². The average molecular weight is 289 g/mol. The van der Waals surface area contributed by atoms with Crippen molar-refractivity contribution in [2.45, 2.75) is 32.2 Å². The standard InChI is InChI=1S/C19H19N3/c20-14-6-7-15-22-18-11-5-4-10-17(18)21-19(22)13-12-16-8-2-1-3-9-16/h1-5,8-11H,6-7,12-13,15H2. The van der Waals surface area contributed by atoms with E-state index in [1.54, 1.807) is 0 Å². The van der Waals surface area contributed by atoms with Crippen molar-refractivity contribution >= 4 is 11.0 Å². The van der Waals surface area contributed by atoms with Crippen LogP contribution in [0, 0.1) is 11.3 Å². The van der Waals surface area contributed by atoms with Crippen molar-refractivity contribution in [2.24, 2.45) is 0 Å². The molecule has 0 fully saturated rings. The number of hydrogen-bond acceptors (Lipinski definition) is 2. The normalized spacial score (nSPS) is 10.7. The summed E-state index contributed by atoms with van der Waals surface area (Å²) >= 11 is 0. The number of aryl methyl sites for hydroxylation is 3. The van der Waals surface area contributed by atoms with Gasteiger partial charge in [0.2, 0.25) is 0 Å². The summed E-state index contributed by atoms with van der Waals surface area (Å²) in [7, 11) is 0. The Bertz CT molecular complexity index is 781. The maximum absolute atomic E-state index is 8.75. The molecule has 3 rings (SSSR count). The summed E-state index contributed by atoms with van der Waals surface area (Å²) < 4.78 is 2.27. The van der Waals surface area contributed by atoms with E-state index in [2.05, 4.69) is 47.0 Å². The molecule has 0 atom stereocenters. The molecule has 1 heterocycles. The molecule has 0 unspecified atom stereocenters. The molecule has 0 aliphatic carbocycles. The summed E-state index contributed by atoms with van der Waals surface area (Å²) in [6.07, 6.45) is 3.37. The van der Waals surface area contributed by atoms with Gasteiger partial charge in [-0.3, -0.25) is 0 Å². The second kappa shape index (κ2) is 6.91. The van der Waals surface area contributed by atoms with Crippen molar-refractivity contribution < 1.29 is 0 Å². The zero-order valence-electron chi connectivity index (χ0n) is 12.6. The van der Waals surface area contributed by atoms with Crippen molar-refractivity contribution in [3.8, 4) is 6.07 Å². The Morgan fingerprint density at radius 1 is 0.955 bits per heavy atom. The van der Waals surface area contributed by atoms with Crippen LogP contribution in [0.25, 0.3) is 11.0 Å². The Morgan fingerprint density at radius 2 is 1.73 bits per heavy atom. The largest absolute Gasteiger partial charge is 0.328 e.